The Kier molecular flexibility index (Phi) is 5.30. The Hall–Kier alpha value is -3.96. The number of nitrogens with zero attached hydrogens (tertiary/aromatic N) is 3. The number of rotatable bonds is 3. The van der Waals surface area contributed by atoms with Gasteiger partial charge in [0.2, 0.25) is 0 Å². The summed E-state index contributed by atoms with van der Waals surface area (Å²) in [6.07, 6.45) is -5.90. The lowest BCUT2D eigenvalue weighted by atomic mass is 10.1. The molecule has 3 heterocycles. The van der Waals surface area contributed by atoms with Crippen LogP contribution in [-0.2, 0) is 12.4 Å². The summed E-state index contributed by atoms with van der Waals surface area (Å²) in [6, 6.07) is 6.20. The molecule has 33 heavy (non-hydrogen) atoms. The number of amides is 1. The van der Waals surface area contributed by atoms with Gasteiger partial charge >= 0.3 is 12.4 Å². The van der Waals surface area contributed by atoms with Crippen LogP contribution >= 0.6 is 0 Å². The molecule has 1 aromatic carbocycles. The van der Waals surface area contributed by atoms with Crippen LogP contribution in [0.4, 0.5) is 36.4 Å². The van der Waals surface area contributed by atoms with E-state index in [0.29, 0.717) is 10.6 Å². The molecule has 3 aromatic heterocycles. The van der Waals surface area contributed by atoms with Crippen LogP contribution in [0.2, 0.25) is 0 Å². The van der Waals surface area contributed by atoms with Crippen molar-refractivity contribution in [3.8, 4) is 5.69 Å². The summed E-state index contributed by atoms with van der Waals surface area (Å²) >= 11 is 0. The summed E-state index contributed by atoms with van der Waals surface area (Å²) in [4.78, 5) is 19.5. The number of carbonyl (C=O) groups excluding carboxylic acids is 1. The van der Waals surface area contributed by atoms with E-state index in [4.69, 9.17) is 0 Å². The van der Waals surface area contributed by atoms with Crippen molar-refractivity contribution >= 4 is 22.4 Å². The molecule has 4 rings (SSSR count). The molecular formula is C21H11F7N4O. The zero-order valence-corrected chi connectivity index (χ0v) is 16.2. The molecule has 0 saturated heterocycles. The molecule has 1 amide bonds. The summed E-state index contributed by atoms with van der Waals surface area (Å²) in [7, 11) is 0. The Morgan fingerprint density at radius 3 is 2.39 bits per heavy atom. The van der Waals surface area contributed by atoms with E-state index >= 15 is 0 Å². The molecule has 12 heteroatoms. The average Bonchev–Trinajstić information content (AvgIpc) is 3.19. The maximum absolute atomic E-state index is 14.1. The highest BCUT2D eigenvalue weighted by Crippen LogP contribution is 2.37. The molecule has 0 saturated carbocycles. The van der Waals surface area contributed by atoms with Gasteiger partial charge in [-0.15, -0.1) is 0 Å². The number of carbonyl (C=O) groups is 1. The Morgan fingerprint density at radius 2 is 1.70 bits per heavy atom. The van der Waals surface area contributed by atoms with E-state index in [0.717, 1.165) is 43.0 Å². The van der Waals surface area contributed by atoms with E-state index in [2.05, 4.69) is 9.97 Å². The van der Waals surface area contributed by atoms with E-state index in [-0.39, 0.29) is 16.5 Å². The molecule has 5 nitrogen and oxygen atoms in total. The molecule has 0 aliphatic heterocycles. The van der Waals surface area contributed by atoms with Crippen molar-refractivity contribution in [1.29, 1.82) is 0 Å². The van der Waals surface area contributed by atoms with E-state index in [1.54, 1.807) is 0 Å². The van der Waals surface area contributed by atoms with Crippen LogP contribution in [-0.4, -0.2) is 20.4 Å². The summed E-state index contributed by atoms with van der Waals surface area (Å²) in [6.45, 7) is 0. The number of fused-ring (bicyclic) bond motifs is 1. The van der Waals surface area contributed by atoms with Crippen LogP contribution in [0.25, 0.3) is 16.5 Å². The molecule has 0 radical (unpaired) electrons. The quantitative estimate of drug-likeness (QED) is 0.384. The first kappa shape index (κ1) is 22.2. The van der Waals surface area contributed by atoms with E-state index in [1.807, 2.05) is 5.32 Å². The number of aromatic nitrogens is 3. The second-order valence-electron chi connectivity index (χ2n) is 6.82. The third-order valence-electron chi connectivity index (χ3n) is 4.70. The zero-order chi connectivity index (χ0) is 24.0. The van der Waals surface area contributed by atoms with Gasteiger partial charge in [0.15, 0.2) is 0 Å². The minimum Gasteiger partial charge on any atom is -0.322 e. The Morgan fingerprint density at radius 1 is 0.939 bits per heavy atom. The van der Waals surface area contributed by atoms with Gasteiger partial charge in [0.1, 0.15) is 17.2 Å². The summed E-state index contributed by atoms with van der Waals surface area (Å²) in [5.41, 5.74) is -4.10. The Bertz CT molecular complexity index is 1360. The third kappa shape index (κ3) is 4.23. The molecule has 0 aliphatic rings. The second kappa shape index (κ2) is 7.87. The van der Waals surface area contributed by atoms with Gasteiger partial charge in [-0.25, -0.2) is 4.39 Å². The number of hydrogen-bond donors (Lipinski definition) is 1. The molecule has 0 fully saturated rings. The topological polar surface area (TPSA) is 59.8 Å². The van der Waals surface area contributed by atoms with Gasteiger partial charge in [0.25, 0.3) is 5.91 Å². The summed E-state index contributed by atoms with van der Waals surface area (Å²) in [5.74, 6) is -1.99. The minimum absolute atomic E-state index is 0.0284. The van der Waals surface area contributed by atoms with Gasteiger partial charge in [-0.2, -0.15) is 26.3 Å². The monoisotopic (exact) mass is 468 g/mol. The van der Waals surface area contributed by atoms with Crippen LogP contribution in [0, 0.1) is 5.82 Å². The predicted molar refractivity (Wildman–Crippen MR) is 103 cm³/mol. The highest BCUT2D eigenvalue weighted by atomic mass is 19.4. The van der Waals surface area contributed by atoms with Crippen molar-refractivity contribution in [3.63, 3.8) is 0 Å². The first-order valence-corrected chi connectivity index (χ1v) is 9.12. The summed E-state index contributed by atoms with van der Waals surface area (Å²) in [5, 5.41) is 2.11. The highest BCUT2D eigenvalue weighted by Gasteiger charge is 2.40. The van der Waals surface area contributed by atoms with Gasteiger partial charge in [-0.1, -0.05) is 12.1 Å². The normalized spacial score (nSPS) is 12.2. The predicted octanol–water partition coefficient (Wildman–Crippen LogP) is 5.85. The lowest BCUT2D eigenvalue weighted by molar-refractivity contribution is -0.142. The van der Waals surface area contributed by atoms with Crippen molar-refractivity contribution in [2.75, 3.05) is 5.32 Å². The fraction of sp³-hybridized carbons (Fsp3) is 0.0952. The van der Waals surface area contributed by atoms with Crippen LogP contribution in [0.15, 0.2) is 61.2 Å². The van der Waals surface area contributed by atoms with Crippen LogP contribution in [0.5, 0.6) is 0 Å². The highest BCUT2D eigenvalue weighted by molar-refractivity contribution is 6.05. The van der Waals surface area contributed by atoms with Gasteiger partial charge in [-0.05, 0) is 24.3 Å². The second-order valence-corrected chi connectivity index (χ2v) is 6.82. The lowest BCUT2D eigenvalue weighted by Gasteiger charge is -2.16. The molecule has 0 spiro atoms. The number of nitrogens with one attached hydrogen (secondary N) is 1. The van der Waals surface area contributed by atoms with Gasteiger partial charge < -0.3 is 9.88 Å². The number of alkyl halides is 6. The van der Waals surface area contributed by atoms with Crippen molar-refractivity contribution in [2.24, 2.45) is 0 Å². The van der Waals surface area contributed by atoms with E-state index in [1.165, 1.54) is 12.1 Å². The Labute approximate surface area is 180 Å². The number of benzene rings is 1. The van der Waals surface area contributed by atoms with Crippen molar-refractivity contribution in [2.45, 2.75) is 12.4 Å². The summed E-state index contributed by atoms with van der Waals surface area (Å²) < 4.78 is 95.1. The molecule has 1 N–H and O–H groups in total. The van der Waals surface area contributed by atoms with Crippen molar-refractivity contribution < 1.29 is 35.5 Å². The van der Waals surface area contributed by atoms with Crippen LogP contribution in [0.1, 0.15) is 21.7 Å². The number of hydrogen-bond acceptors (Lipinski definition) is 3. The SMILES string of the molecule is O=C(Nc1ccnc(C(F)(F)F)c1)c1ccn(-c2cncc3c(F)cccc23)c1C(F)(F)F. The van der Waals surface area contributed by atoms with E-state index < -0.39 is 46.7 Å². The maximum Gasteiger partial charge on any atom is 0.433 e. The molecule has 0 aliphatic carbocycles. The number of pyridine rings is 2. The largest absolute Gasteiger partial charge is 0.433 e. The van der Waals surface area contributed by atoms with Crippen LogP contribution < -0.4 is 5.32 Å². The molecule has 0 unspecified atom stereocenters. The van der Waals surface area contributed by atoms with Crippen LogP contribution in [0.3, 0.4) is 0 Å². The van der Waals surface area contributed by atoms with Gasteiger partial charge in [0, 0.05) is 35.1 Å². The molecular weight excluding hydrogens is 457 g/mol. The first-order chi connectivity index (χ1) is 15.5. The Balaban J connectivity index is 1.80. The molecule has 0 bridgehead atoms. The first-order valence-electron chi connectivity index (χ1n) is 9.12. The number of anilines is 1. The zero-order valence-electron chi connectivity index (χ0n) is 16.2. The fourth-order valence-corrected chi connectivity index (χ4v) is 3.30. The molecule has 4 aromatic rings. The van der Waals surface area contributed by atoms with Gasteiger partial charge in [-0.3, -0.25) is 14.8 Å². The van der Waals surface area contributed by atoms with E-state index in [9.17, 15) is 35.5 Å². The molecule has 170 valence electrons. The number of halogens is 7. The van der Waals surface area contributed by atoms with Crippen molar-refractivity contribution in [3.05, 3.63) is 84.0 Å². The maximum atomic E-state index is 14.1. The molecule has 0 atom stereocenters. The van der Waals surface area contributed by atoms with Gasteiger partial charge in [0.05, 0.1) is 17.4 Å². The van der Waals surface area contributed by atoms with Crippen molar-refractivity contribution in [1.82, 2.24) is 14.5 Å². The average molecular weight is 468 g/mol. The standard InChI is InChI=1S/C21H11F7N4O/c22-15-3-1-2-12-14(15)9-29-10-16(12)32-7-5-13(18(32)21(26,27)28)19(33)31-11-4-6-30-17(8-11)20(23,24)25/h1-10H,(H,30,31,33). The lowest BCUT2D eigenvalue weighted by Crippen LogP contribution is -2.21. The third-order valence-corrected chi connectivity index (χ3v) is 4.70. The smallest absolute Gasteiger partial charge is 0.322 e. The minimum atomic E-state index is -5.04. The fourth-order valence-electron chi connectivity index (χ4n) is 3.30.